The Morgan fingerprint density at radius 1 is 1.13 bits per heavy atom. The summed E-state index contributed by atoms with van der Waals surface area (Å²) in [4.78, 5) is 25.4. The minimum absolute atomic E-state index is 0.0472. The molecule has 1 aliphatic heterocycles. The van der Waals surface area contributed by atoms with Crippen molar-refractivity contribution >= 4 is 46.4 Å². The first-order chi connectivity index (χ1) is 11.0. The molecule has 0 aromatic heterocycles. The highest BCUT2D eigenvalue weighted by Crippen LogP contribution is 2.30. The molecule has 2 aromatic carbocycles. The van der Waals surface area contributed by atoms with E-state index in [0.717, 1.165) is 4.90 Å². The van der Waals surface area contributed by atoms with Crippen LogP contribution in [-0.2, 0) is 9.59 Å². The molecule has 1 atom stereocenters. The second-order valence-electron chi connectivity index (χ2n) is 5.04. The van der Waals surface area contributed by atoms with Gasteiger partial charge in [-0.1, -0.05) is 35.3 Å². The molecule has 2 aromatic rings. The van der Waals surface area contributed by atoms with Gasteiger partial charge in [0.05, 0.1) is 22.8 Å². The minimum Gasteiger partial charge on any atom is -0.372 e. The van der Waals surface area contributed by atoms with Gasteiger partial charge in [-0.3, -0.25) is 9.59 Å². The summed E-state index contributed by atoms with van der Waals surface area (Å²) in [7, 11) is 0. The molecule has 118 valence electrons. The molecule has 1 saturated heterocycles. The van der Waals surface area contributed by atoms with Gasteiger partial charge in [0.25, 0.3) is 5.91 Å². The first kappa shape index (κ1) is 15.8. The number of rotatable bonds is 3. The summed E-state index contributed by atoms with van der Waals surface area (Å²) in [5.41, 5.74) is 0.437. The number of carbonyl (C=O) groups is 2. The smallest absolute Gasteiger partial charge is 0.256 e. The van der Waals surface area contributed by atoms with Gasteiger partial charge in [-0.2, -0.15) is 0 Å². The number of anilines is 2. The fraction of sp³-hybridized carbons (Fsp3) is 0.125. The average molecular weight is 353 g/mol. The van der Waals surface area contributed by atoms with Gasteiger partial charge in [0, 0.05) is 5.02 Å². The third kappa shape index (κ3) is 3.02. The molecule has 0 spiro atoms. The van der Waals surface area contributed by atoms with E-state index in [1.54, 1.807) is 18.2 Å². The minimum atomic E-state index is -0.805. The largest absolute Gasteiger partial charge is 0.372 e. The van der Waals surface area contributed by atoms with E-state index in [9.17, 15) is 14.0 Å². The standard InChI is InChI=1S/C16H11Cl2FN2O2/c17-9-5-6-12(10(18)7-9)20-13-8-15(22)21(16(13)23)14-4-2-1-3-11(14)19/h1-7,13,20H,8H2/t13-/m1/s1. The molecule has 0 aliphatic carbocycles. The van der Waals surface area contributed by atoms with E-state index >= 15 is 0 Å². The fourth-order valence-corrected chi connectivity index (χ4v) is 2.89. The number of carbonyl (C=O) groups excluding carboxylic acids is 2. The van der Waals surface area contributed by atoms with E-state index < -0.39 is 23.7 Å². The second kappa shape index (κ2) is 6.18. The highest BCUT2D eigenvalue weighted by molar-refractivity contribution is 6.36. The monoisotopic (exact) mass is 352 g/mol. The highest BCUT2D eigenvalue weighted by Gasteiger charge is 2.40. The van der Waals surface area contributed by atoms with Crippen molar-refractivity contribution in [2.75, 3.05) is 10.2 Å². The van der Waals surface area contributed by atoms with Crippen LogP contribution in [-0.4, -0.2) is 17.9 Å². The molecule has 0 saturated carbocycles. The Labute approximate surface area is 141 Å². The Balaban J connectivity index is 1.85. The molecule has 0 unspecified atom stereocenters. The molecule has 4 nitrogen and oxygen atoms in total. The first-order valence-electron chi connectivity index (χ1n) is 6.80. The van der Waals surface area contributed by atoms with Gasteiger partial charge in [0.2, 0.25) is 5.91 Å². The molecule has 23 heavy (non-hydrogen) atoms. The number of imide groups is 1. The summed E-state index contributed by atoms with van der Waals surface area (Å²) in [5, 5.41) is 3.71. The molecule has 0 radical (unpaired) electrons. The fourth-order valence-electron chi connectivity index (χ4n) is 2.43. The summed E-state index contributed by atoms with van der Waals surface area (Å²) in [5.74, 6) is -1.62. The topological polar surface area (TPSA) is 49.4 Å². The number of para-hydroxylation sites is 1. The highest BCUT2D eigenvalue weighted by atomic mass is 35.5. The maximum absolute atomic E-state index is 13.8. The van der Waals surface area contributed by atoms with Crippen LogP contribution < -0.4 is 10.2 Å². The zero-order valence-corrected chi connectivity index (χ0v) is 13.2. The quantitative estimate of drug-likeness (QED) is 0.852. The van der Waals surface area contributed by atoms with Crippen LogP contribution in [0.25, 0.3) is 0 Å². The van der Waals surface area contributed by atoms with Crippen molar-refractivity contribution in [3.63, 3.8) is 0 Å². The molecule has 1 heterocycles. The third-order valence-corrected chi connectivity index (χ3v) is 4.05. The summed E-state index contributed by atoms with van der Waals surface area (Å²) in [6.07, 6.45) is -0.0773. The molecule has 7 heteroatoms. The van der Waals surface area contributed by atoms with Gasteiger partial charge in [0.1, 0.15) is 11.9 Å². The number of amides is 2. The summed E-state index contributed by atoms with van der Waals surface area (Å²) in [6, 6.07) is 9.61. The average Bonchev–Trinajstić information content (AvgIpc) is 2.77. The summed E-state index contributed by atoms with van der Waals surface area (Å²) in [6.45, 7) is 0. The van der Waals surface area contributed by atoms with Crippen molar-refractivity contribution in [2.45, 2.75) is 12.5 Å². The van der Waals surface area contributed by atoms with Crippen LogP contribution in [0.3, 0.4) is 0 Å². The molecule has 0 bridgehead atoms. The van der Waals surface area contributed by atoms with Gasteiger partial charge >= 0.3 is 0 Å². The Bertz CT molecular complexity index is 797. The number of nitrogens with one attached hydrogen (secondary N) is 1. The van der Waals surface area contributed by atoms with Crippen molar-refractivity contribution in [3.8, 4) is 0 Å². The van der Waals surface area contributed by atoms with Crippen LogP contribution in [0, 0.1) is 5.82 Å². The third-order valence-electron chi connectivity index (χ3n) is 3.50. The Hall–Kier alpha value is -2.11. The molecule has 1 N–H and O–H groups in total. The van der Waals surface area contributed by atoms with Crippen molar-refractivity contribution in [3.05, 3.63) is 58.3 Å². The molecular weight excluding hydrogens is 342 g/mol. The lowest BCUT2D eigenvalue weighted by Crippen LogP contribution is -2.35. The zero-order valence-electron chi connectivity index (χ0n) is 11.7. The number of benzene rings is 2. The van der Waals surface area contributed by atoms with Crippen LogP contribution in [0.5, 0.6) is 0 Å². The van der Waals surface area contributed by atoms with E-state index in [2.05, 4.69) is 5.32 Å². The van der Waals surface area contributed by atoms with Gasteiger partial charge in [-0.05, 0) is 30.3 Å². The molecule has 1 aliphatic rings. The summed E-state index contributed by atoms with van der Waals surface area (Å²) < 4.78 is 13.8. The van der Waals surface area contributed by atoms with Crippen molar-refractivity contribution in [1.82, 2.24) is 0 Å². The predicted octanol–water partition coefficient (Wildman–Crippen LogP) is 3.88. The van der Waals surface area contributed by atoms with E-state index in [4.69, 9.17) is 23.2 Å². The SMILES string of the molecule is O=C1C[C@@H](Nc2ccc(Cl)cc2Cl)C(=O)N1c1ccccc1F. The van der Waals surface area contributed by atoms with Crippen LogP contribution in [0.1, 0.15) is 6.42 Å². The maximum Gasteiger partial charge on any atom is 0.256 e. The first-order valence-corrected chi connectivity index (χ1v) is 7.56. The van der Waals surface area contributed by atoms with Crippen molar-refractivity contribution in [2.24, 2.45) is 0 Å². The van der Waals surface area contributed by atoms with Gasteiger partial charge in [-0.25, -0.2) is 9.29 Å². The maximum atomic E-state index is 13.8. The van der Waals surface area contributed by atoms with Crippen LogP contribution >= 0.6 is 23.2 Å². The van der Waals surface area contributed by atoms with E-state index in [1.807, 2.05) is 0 Å². The number of hydrogen-bond acceptors (Lipinski definition) is 3. The zero-order chi connectivity index (χ0) is 16.6. The molecule has 2 amide bonds. The van der Waals surface area contributed by atoms with Gasteiger partial charge in [-0.15, -0.1) is 0 Å². The van der Waals surface area contributed by atoms with Crippen LogP contribution in [0.4, 0.5) is 15.8 Å². The Morgan fingerprint density at radius 2 is 1.87 bits per heavy atom. The molecular formula is C16H11Cl2FN2O2. The Morgan fingerprint density at radius 3 is 2.57 bits per heavy atom. The Kier molecular flexibility index (Phi) is 4.24. The van der Waals surface area contributed by atoms with Crippen LogP contribution in [0.15, 0.2) is 42.5 Å². The van der Waals surface area contributed by atoms with E-state index in [1.165, 1.54) is 24.3 Å². The van der Waals surface area contributed by atoms with E-state index in [0.29, 0.717) is 15.7 Å². The number of hydrogen-bond donors (Lipinski definition) is 1. The molecule has 1 fully saturated rings. The second-order valence-corrected chi connectivity index (χ2v) is 5.89. The lowest BCUT2D eigenvalue weighted by molar-refractivity contribution is -0.121. The normalized spacial score (nSPS) is 17.7. The summed E-state index contributed by atoms with van der Waals surface area (Å²) >= 11 is 11.9. The van der Waals surface area contributed by atoms with Gasteiger partial charge in [0.15, 0.2) is 0 Å². The molecule has 3 rings (SSSR count). The lowest BCUT2D eigenvalue weighted by Gasteiger charge is -2.17. The van der Waals surface area contributed by atoms with Crippen molar-refractivity contribution in [1.29, 1.82) is 0 Å². The number of nitrogens with zero attached hydrogens (tertiary/aromatic N) is 1. The van der Waals surface area contributed by atoms with Crippen LogP contribution in [0.2, 0.25) is 10.0 Å². The lowest BCUT2D eigenvalue weighted by atomic mass is 10.2. The van der Waals surface area contributed by atoms with E-state index in [-0.39, 0.29) is 12.1 Å². The van der Waals surface area contributed by atoms with Crippen molar-refractivity contribution < 1.29 is 14.0 Å². The number of halogens is 3. The van der Waals surface area contributed by atoms with Gasteiger partial charge < -0.3 is 5.32 Å². The predicted molar refractivity (Wildman–Crippen MR) is 87.4 cm³/mol.